The minimum Gasteiger partial charge on any atom is -0.394 e. The SMILES string of the molecule is C=CC[C@@H](/C=C/[C@H](O)[C@H]1OC(C)(C)O[C@@H]1CO)OCc1ccccc1. The molecule has 0 saturated carbocycles. The van der Waals surface area contributed by atoms with E-state index in [4.69, 9.17) is 14.2 Å². The van der Waals surface area contributed by atoms with Crippen molar-refractivity contribution < 1.29 is 24.4 Å². The molecule has 5 heteroatoms. The molecule has 0 aromatic heterocycles. The molecule has 0 aliphatic carbocycles. The topological polar surface area (TPSA) is 68.2 Å². The van der Waals surface area contributed by atoms with Crippen LogP contribution in [0.1, 0.15) is 25.8 Å². The Labute approximate surface area is 149 Å². The molecule has 0 unspecified atom stereocenters. The highest BCUT2D eigenvalue weighted by molar-refractivity contribution is 5.13. The summed E-state index contributed by atoms with van der Waals surface area (Å²) in [5.41, 5.74) is 1.08. The zero-order valence-electron chi connectivity index (χ0n) is 14.9. The van der Waals surface area contributed by atoms with E-state index in [1.165, 1.54) is 0 Å². The molecule has 25 heavy (non-hydrogen) atoms. The third kappa shape index (κ3) is 6.06. The highest BCUT2D eigenvalue weighted by atomic mass is 16.8. The highest BCUT2D eigenvalue weighted by Crippen LogP contribution is 2.30. The number of aliphatic hydroxyl groups excluding tert-OH is 2. The Balaban J connectivity index is 1.94. The molecule has 0 amide bonds. The largest absolute Gasteiger partial charge is 0.394 e. The first-order valence-electron chi connectivity index (χ1n) is 8.54. The van der Waals surface area contributed by atoms with Gasteiger partial charge >= 0.3 is 0 Å². The Morgan fingerprint density at radius 2 is 1.96 bits per heavy atom. The molecule has 2 N–H and O–H groups in total. The summed E-state index contributed by atoms with van der Waals surface area (Å²) < 4.78 is 17.2. The van der Waals surface area contributed by atoms with E-state index in [0.717, 1.165) is 5.56 Å². The average molecular weight is 348 g/mol. The molecule has 5 nitrogen and oxygen atoms in total. The zero-order valence-corrected chi connectivity index (χ0v) is 14.9. The summed E-state index contributed by atoms with van der Waals surface area (Å²) in [6.45, 7) is 7.54. The van der Waals surface area contributed by atoms with Gasteiger partial charge in [0.15, 0.2) is 5.79 Å². The molecular formula is C20H28O5. The van der Waals surface area contributed by atoms with Crippen LogP contribution in [0.4, 0.5) is 0 Å². The smallest absolute Gasteiger partial charge is 0.164 e. The predicted octanol–water partition coefficient (Wildman–Crippen LogP) is 2.58. The highest BCUT2D eigenvalue weighted by Gasteiger charge is 2.43. The Morgan fingerprint density at radius 1 is 1.24 bits per heavy atom. The number of aliphatic hydroxyl groups is 2. The van der Waals surface area contributed by atoms with E-state index in [2.05, 4.69) is 6.58 Å². The molecule has 0 radical (unpaired) electrons. The summed E-state index contributed by atoms with van der Waals surface area (Å²) in [5.74, 6) is -0.822. The molecule has 1 fully saturated rings. The summed E-state index contributed by atoms with van der Waals surface area (Å²) in [5, 5.41) is 19.8. The summed E-state index contributed by atoms with van der Waals surface area (Å²) in [4.78, 5) is 0. The van der Waals surface area contributed by atoms with E-state index >= 15 is 0 Å². The first-order chi connectivity index (χ1) is 11.9. The van der Waals surface area contributed by atoms with Crippen LogP contribution in [0.25, 0.3) is 0 Å². The molecule has 0 spiro atoms. The molecule has 1 aromatic carbocycles. The van der Waals surface area contributed by atoms with Crippen molar-refractivity contribution >= 4 is 0 Å². The van der Waals surface area contributed by atoms with Gasteiger partial charge in [0.2, 0.25) is 0 Å². The normalized spacial score (nSPS) is 25.1. The fourth-order valence-electron chi connectivity index (χ4n) is 2.79. The van der Waals surface area contributed by atoms with Crippen LogP contribution in [0.15, 0.2) is 55.1 Å². The van der Waals surface area contributed by atoms with Crippen molar-refractivity contribution in [2.24, 2.45) is 0 Å². The molecule has 1 saturated heterocycles. The van der Waals surface area contributed by atoms with Crippen molar-refractivity contribution in [3.63, 3.8) is 0 Å². The quantitative estimate of drug-likeness (QED) is 0.672. The number of hydrogen-bond donors (Lipinski definition) is 2. The van der Waals surface area contributed by atoms with E-state index < -0.39 is 24.1 Å². The monoisotopic (exact) mass is 348 g/mol. The van der Waals surface area contributed by atoms with Crippen LogP contribution in [0.2, 0.25) is 0 Å². The van der Waals surface area contributed by atoms with Crippen molar-refractivity contribution in [1.29, 1.82) is 0 Å². The van der Waals surface area contributed by atoms with E-state index in [1.54, 1.807) is 32.1 Å². The van der Waals surface area contributed by atoms with E-state index in [9.17, 15) is 10.2 Å². The standard InChI is InChI=1S/C20H28O5/c1-4-8-16(23-14-15-9-6-5-7-10-15)11-12-17(22)19-18(13-21)24-20(2,3)25-19/h4-7,9-12,16-19,21-22H,1,8,13-14H2,2-3H3/b12-11+/t16-,17-,18+,19+/m0/s1. The molecule has 1 aliphatic rings. The summed E-state index contributed by atoms with van der Waals surface area (Å²) in [7, 11) is 0. The number of ether oxygens (including phenoxy) is 3. The van der Waals surface area contributed by atoms with Crippen molar-refractivity contribution in [3.8, 4) is 0 Å². The lowest BCUT2D eigenvalue weighted by Crippen LogP contribution is -2.36. The van der Waals surface area contributed by atoms with Gasteiger partial charge in [0.05, 0.1) is 19.3 Å². The van der Waals surface area contributed by atoms with Gasteiger partial charge in [-0.25, -0.2) is 0 Å². The summed E-state index contributed by atoms with van der Waals surface area (Å²) in [6.07, 6.45) is 3.58. The molecular weight excluding hydrogens is 320 g/mol. The Bertz CT molecular complexity index is 554. The van der Waals surface area contributed by atoms with Gasteiger partial charge in [0, 0.05) is 0 Å². The van der Waals surface area contributed by atoms with E-state index in [0.29, 0.717) is 13.0 Å². The fraction of sp³-hybridized carbons (Fsp3) is 0.500. The lowest BCUT2D eigenvalue weighted by molar-refractivity contribution is -0.154. The molecule has 1 aliphatic heterocycles. The van der Waals surface area contributed by atoms with Crippen LogP contribution in [-0.2, 0) is 20.8 Å². The van der Waals surface area contributed by atoms with Gasteiger partial charge < -0.3 is 24.4 Å². The predicted molar refractivity (Wildman–Crippen MR) is 95.9 cm³/mol. The molecule has 4 atom stereocenters. The van der Waals surface area contributed by atoms with Crippen LogP contribution >= 0.6 is 0 Å². The van der Waals surface area contributed by atoms with Gasteiger partial charge in [0.1, 0.15) is 18.3 Å². The van der Waals surface area contributed by atoms with Gasteiger partial charge in [-0.1, -0.05) is 48.6 Å². The Kier molecular flexibility index (Phi) is 7.35. The zero-order chi connectivity index (χ0) is 18.3. The van der Waals surface area contributed by atoms with Gasteiger partial charge in [-0.2, -0.15) is 0 Å². The summed E-state index contributed by atoms with van der Waals surface area (Å²) in [6, 6.07) is 9.90. The second kappa shape index (κ2) is 9.27. The second-order valence-electron chi connectivity index (χ2n) is 6.56. The van der Waals surface area contributed by atoms with Gasteiger partial charge in [-0.15, -0.1) is 6.58 Å². The first-order valence-corrected chi connectivity index (χ1v) is 8.54. The Hall–Kier alpha value is -1.50. The lowest BCUT2D eigenvalue weighted by atomic mass is 10.1. The van der Waals surface area contributed by atoms with E-state index in [-0.39, 0.29) is 12.7 Å². The molecule has 2 rings (SSSR count). The maximum absolute atomic E-state index is 10.4. The van der Waals surface area contributed by atoms with Crippen LogP contribution in [0.5, 0.6) is 0 Å². The molecule has 138 valence electrons. The van der Waals surface area contributed by atoms with Crippen LogP contribution in [0, 0.1) is 0 Å². The van der Waals surface area contributed by atoms with Gasteiger partial charge in [-0.3, -0.25) is 0 Å². The average Bonchev–Trinajstić information content (AvgIpc) is 2.93. The third-order valence-corrected chi connectivity index (χ3v) is 3.97. The van der Waals surface area contributed by atoms with Crippen molar-refractivity contribution in [2.45, 2.75) is 57.1 Å². The molecule has 1 heterocycles. The number of benzene rings is 1. The number of rotatable bonds is 9. The minimum atomic E-state index is -0.897. The van der Waals surface area contributed by atoms with Crippen molar-refractivity contribution in [3.05, 3.63) is 60.7 Å². The van der Waals surface area contributed by atoms with Crippen LogP contribution in [-0.4, -0.2) is 47.0 Å². The van der Waals surface area contributed by atoms with Crippen LogP contribution in [0.3, 0.4) is 0 Å². The van der Waals surface area contributed by atoms with Gasteiger partial charge in [-0.05, 0) is 25.8 Å². The maximum Gasteiger partial charge on any atom is 0.164 e. The lowest BCUT2D eigenvalue weighted by Gasteiger charge is -2.20. The molecule has 1 aromatic rings. The third-order valence-electron chi connectivity index (χ3n) is 3.97. The second-order valence-corrected chi connectivity index (χ2v) is 6.56. The van der Waals surface area contributed by atoms with Gasteiger partial charge in [0.25, 0.3) is 0 Å². The van der Waals surface area contributed by atoms with E-state index in [1.807, 2.05) is 30.3 Å². The summed E-state index contributed by atoms with van der Waals surface area (Å²) >= 11 is 0. The molecule has 0 bridgehead atoms. The minimum absolute atomic E-state index is 0.199. The van der Waals surface area contributed by atoms with Crippen molar-refractivity contribution in [2.75, 3.05) is 6.61 Å². The van der Waals surface area contributed by atoms with Crippen LogP contribution < -0.4 is 0 Å². The van der Waals surface area contributed by atoms with Crippen molar-refractivity contribution in [1.82, 2.24) is 0 Å². The maximum atomic E-state index is 10.4. The Morgan fingerprint density at radius 3 is 2.60 bits per heavy atom. The first kappa shape index (κ1) is 19.8. The number of hydrogen-bond acceptors (Lipinski definition) is 5. The fourth-order valence-corrected chi connectivity index (χ4v) is 2.79.